The molecule has 0 unspecified atom stereocenters. The minimum absolute atomic E-state index is 0.224. The summed E-state index contributed by atoms with van der Waals surface area (Å²) >= 11 is 0. The molecule has 3 atom stereocenters. The molecule has 0 bridgehead atoms. The number of hydrogen-bond donors (Lipinski definition) is 1. The van der Waals surface area contributed by atoms with Crippen LogP contribution in [-0.4, -0.2) is 59.7 Å². The Hall–Kier alpha value is -2.74. The summed E-state index contributed by atoms with van der Waals surface area (Å²) in [4.78, 5) is 31.0. The first-order valence-corrected chi connectivity index (χ1v) is 11.2. The Kier molecular flexibility index (Phi) is 5.72. The fraction of sp³-hybridized carbons (Fsp3) is 0.565. The molecule has 1 N–H and O–H groups in total. The summed E-state index contributed by atoms with van der Waals surface area (Å²) < 4.78 is 10.6. The molecule has 3 fully saturated rings. The Balaban J connectivity index is 1.02. The average molecular weight is 425 g/mol. The van der Waals surface area contributed by atoms with Gasteiger partial charge in [-0.1, -0.05) is 5.16 Å². The molecule has 2 aliphatic heterocycles. The number of aromatic nitrogens is 2. The highest BCUT2D eigenvalue weighted by Crippen LogP contribution is 2.53. The van der Waals surface area contributed by atoms with E-state index in [-0.39, 0.29) is 11.6 Å². The molecule has 1 saturated carbocycles. The summed E-state index contributed by atoms with van der Waals surface area (Å²) in [7, 11) is 0. The van der Waals surface area contributed by atoms with Gasteiger partial charge in [0, 0.05) is 63.3 Å². The van der Waals surface area contributed by atoms with Crippen molar-refractivity contribution in [3.05, 3.63) is 36.3 Å². The molecule has 8 nitrogen and oxygen atoms in total. The van der Waals surface area contributed by atoms with Gasteiger partial charge in [0.15, 0.2) is 11.5 Å². The Morgan fingerprint density at radius 3 is 2.74 bits per heavy atom. The Morgan fingerprint density at radius 1 is 1.19 bits per heavy atom. The van der Waals surface area contributed by atoms with Crippen LogP contribution in [0.4, 0.5) is 0 Å². The number of likely N-dealkylation sites (tertiary alicyclic amines) is 1. The SMILES string of the molecule is O=C(NCC[C@@H]1[C@H]2CN(C(=O)CC3CCOCC3)C[C@@H]12)c1cc(-c2cccnc2)on1. The molecule has 1 aliphatic carbocycles. The number of ether oxygens (including phenoxy) is 1. The highest BCUT2D eigenvalue weighted by atomic mass is 16.5. The molecule has 31 heavy (non-hydrogen) atoms. The smallest absolute Gasteiger partial charge is 0.273 e. The Labute approximate surface area is 181 Å². The van der Waals surface area contributed by atoms with Crippen molar-refractivity contribution >= 4 is 11.8 Å². The molecular formula is C23H28N4O4. The van der Waals surface area contributed by atoms with Crippen molar-refractivity contribution in [3.8, 4) is 11.3 Å². The van der Waals surface area contributed by atoms with Gasteiger partial charge in [-0.15, -0.1) is 0 Å². The first kappa shape index (κ1) is 20.2. The summed E-state index contributed by atoms with van der Waals surface area (Å²) in [5.74, 6) is 2.90. The third kappa shape index (κ3) is 4.49. The number of fused-ring (bicyclic) bond motifs is 1. The number of amides is 2. The van der Waals surface area contributed by atoms with Gasteiger partial charge in [-0.05, 0) is 55.1 Å². The van der Waals surface area contributed by atoms with Gasteiger partial charge in [-0.3, -0.25) is 14.6 Å². The average Bonchev–Trinajstić information content (AvgIpc) is 3.19. The lowest BCUT2D eigenvalue weighted by molar-refractivity contribution is -0.132. The van der Waals surface area contributed by atoms with E-state index < -0.39 is 0 Å². The quantitative estimate of drug-likeness (QED) is 0.733. The van der Waals surface area contributed by atoms with Crippen LogP contribution in [0.15, 0.2) is 35.1 Å². The van der Waals surface area contributed by atoms with E-state index in [1.165, 1.54) is 0 Å². The van der Waals surface area contributed by atoms with E-state index in [4.69, 9.17) is 9.26 Å². The van der Waals surface area contributed by atoms with E-state index in [1.54, 1.807) is 18.5 Å². The van der Waals surface area contributed by atoms with Crippen molar-refractivity contribution in [2.75, 3.05) is 32.8 Å². The molecule has 2 aromatic rings. The molecule has 164 valence electrons. The third-order valence-corrected chi connectivity index (χ3v) is 6.98. The van der Waals surface area contributed by atoms with Crippen molar-refractivity contribution < 1.29 is 18.8 Å². The van der Waals surface area contributed by atoms with Crippen LogP contribution in [0, 0.1) is 23.7 Å². The molecule has 2 amide bonds. The van der Waals surface area contributed by atoms with Gasteiger partial charge >= 0.3 is 0 Å². The molecule has 3 aliphatic rings. The summed E-state index contributed by atoms with van der Waals surface area (Å²) in [6, 6.07) is 5.31. The number of piperidine rings is 1. The highest BCUT2D eigenvalue weighted by molar-refractivity contribution is 5.93. The van der Waals surface area contributed by atoms with Gasteiger partial charge < -0.3 is 19.5 Å². The standard InChI is InChI=1S/C23H28N4O4/c28-22(10-15-4-8-30-9-5-15)27-13-18-17(19(18)14-27)3-7-25-23(29)20-11-21(31-26-20)16-2-1-6-24-12-16/h1-2,6,11-12,15,17-19H,3-5,7-10,13-14H2,(H,25,29)/t17-,18-,19+. The second-order valence-corrected chi connectivity index (χ2v) is 8.91. The zero-order valence-corrected chi connectivity index (χ0v) is 17.5. The van der Waals surface area contributed by atoms with Gasteiger partial charge in [-0.25, -0.2) is 0 Å². The normalized spacial score (nSPS) is 25.3. The zero-order chi connectivity index (χ0) is 21.2. The van der Waals surface area contributed by atoms with E-state index in [2.05, 4.69) is 20.4 Å². The lowest BCUT2D eigenvalue weighted by Crippen LogP contribution is -2.34. The second-order valence-electron chi connectivity index (χ2n) is 8.91. The molecule has 0 aromatic carbocycles. The van der Waals surface area contributed by atoms with Gasteiger partial charge in [0.05, 0.1) is 0 Å². The van der Waals surface area contributed by atoms with Crippen LogP contribution in [0.2, 0.25) is 0 Å². The number of carbonyl (C=O) groups is 2. The van der Waals surface area contributed by atoms with E-state index in [9.17, 15) is 9.59 Å². The Bertz CT molecular complexity index is 913. The predicted molar refractivity (Wildman–Crippen MR) is 112 cm³/mol. The molecule has 4 heterocycles. The van der Waals surface area contributed by atoms with Crippen LogP contribution in [-0.2, 0) is 9.53 Å². The molecule has 0 radical (unpaired) electrons. The van der Waals surface area contributed by atoms with Gasteiger partial charge in [0.25, 0.3) is 5.91 Å². The molecular weight excluding hydrogens is 396 g/mol. The van der Waals surface area contributed by atoms with Crippen molar-refractivity contribution in [1.82, 2.24) is 20.4 Å². The highest BCUT2D eigenvalue weighted by Gasteiger charge is 2.55. The molecule has 2 saturated heterocycles. The van der Waals surface area contributed by atoms with Crippen LogP contribution >= 0.6 is 0 Å². The lowest BCUT2D eigenvalue weighted by atomic mass is 9.96. The van der Waals surface area contributed by atoms with Crippen molar-refractivity contribution in [3.63, 3.8) is 0 Å². The van der Waals surface area contributed by atoms with Crippen molar-refractivity contribution in [2.24, 2.45) is 23.7 Å². The molecule has 5 rings (SSSR count). The first-order chi connectivity index (χ1) is 15.2. The summed E-state index contributed by atoms with van der Waals surface area (Å²) in [5, 5.41) is 6.82. The lowest BCUT2D eigenvalue weighted by Gasteiger charge is -2.25. The minimum atomic E-state index is -0.224. The van der Waals surface area contributed by atoms with Crippen LogP contribution in [0.3, 0.4) is 0 Å². The van der Waals surface area contributed by atoms with Gasteiger partial charge in [0.1, 0.15) is 0 Å². The van der Waals surface area contributed by atoms with Gasteiger partial charge in [0.2, 0.25) is 5.91 Å². The fourth-order valence-electron chi connectivity index (χ4n) is 5.08. The van der Waals surface area contributed by atoms with Crippen LogP contribution in [0.25, 0.3) is 11.3 Å². The minimum Gasteiger partial charge on any atom is -0.381 e. The van der Waals surface area contributed by atoms with Crippen LogP contribution < -0.4 is 5.32 Å². The van der Waals surface area contributed by atoms with E-state index >= 15 is 0 Å². The maximum atomic E-state index is 12.6. The Morgan fingerprint density at radius 2 is 2.00 bits per heavy atom. The molecule has 8 heteroatoms. The third-order valence-electron chi connectivity index (χ3n) is 6.98. The predicted octanol–water partition coefficient (Wildman–Crippen LogP) is 2.38. The zero-order valence-electron chi connectivity index (χ0n) is 17.5. The largest absolute Gasteiger partial charge is 0.381 e. The molecule has 2 aromatic heterocycles. The second kappa shape index (κ2) is 8.78. The van der Waals surface area contributed by atoms with E-state index in [0.29, 0.717) is 48.3 Å². The summed E-state index contributed by atoms with van der Waals surface area (Å²) in [6.45, 7) is 3.94. The molecule has 0 spiro atoms. The monoisotopic (exact) mass is 424 g/mol. The first-order valence-electron chi connectivity index (χ1n) is 11.2. The van der Waals surface area contributed by atoms with Crippen molar-refractivity contribution in [1.29, 1.82) is 0 Å². The van der Waals surface area contributed by atoms with Crippen LogP contribution in [0.5, 0.6) is 0 Å². The number of rotatable bonds is 7. The summed E-state index contributed by atoms with van der Waals surface area (Å²) in [6.07, 6.45) is 6.97. The van der Waals surface area contributed by atoms with Gasteiger partial charge in [-0.2, -0.15) is 0 Å². The topological polar surface area (TPSA) is 97.6 Å². The van der Waals surface area contributed by atoms with Crippen molar-refractivity contribution in [2.45, 2.75) is 25.7 Å². The number of carbonyl (C=O) groups excluding carboxylic acids is 2. The number of nitrogens with zero attached hydrogens (tertiary/aromatic N) is 3. The number of nitrogens with one attached hydrogen (secondary N) is 1. The maximum Gasteiger partial charge on any atom is 0.273 e. The number of pyridine rings is 1. The summed E-state index contributed by atoms with van der Waals surface area (Å²) in [5.41, 5.74) is 1.07. The number of hydrogen-bond acceptors (Lipinski definition) is 6. The van der Waals surface area contributed by atoms with E-state index in [1.807, 2.05) is 12.1 Å². The van der Waals surface area contributed by atoms with E-state index in [0.717, 1.165) is 51.1 Å². The maximum absolute atomic E-state index is 12.6. The van der Waals surface area contributed by atoms with Crippen LogP contribution in [0.1, 0.15) is 36.2 Å². The fourth-order valence-corrected chi connectivity index (χ4v) is 5.08.